The molecule has 2 aliphatic heterocycles. The number of amides is 1. The van der Waals surface area contributed by atoms with Gasteiger partial charge in [0, 0.05) is 17.7 Å². The Morgan fingerprint density at radius 2 is 1.82 bits per heavy atom. The lowest BCUT2D eigenvalue weighted by atomic mass is 9.94. The van der Waals surface area contributed by atoms with Crippen molar-refractivity contribution in [1.82, 2.24) is 0 Å². The highest BCUT2D eigenvalue weighted by atomic mass is 16.5. The first-order valence-corrected chi connectivity index (χ1v) is 11.3. The van der Waals surface area contributed by atoms with E-state index in [2.05, 4.69) is 0 Å². The molecule has 1 unspecified atom stereocenters. The fourth-order valence-electron chi connectivity index (χ4n) is 4.52. The van der Waals surface area contributed by atoms with Crippen LogP contribution >= 0.6 is 0 Å². The number of rotatable bonds is 5. The van der Waals surface area contributed by atoms with E-state index in [-0.39, 0.29) is 17.4 Å². The van der Waals surface area contributed by atoms with Crippen molar-refractivity contribution in [1.29, 1.82) is 0 Å². The lowest BCUT2D eigenvalue weighted by molar-refractivity contribution is -0.132. The van der Waals surface area contributed by atoms with E-state index < -0.39 is 17.7 Å². The molecule has 6 heteroatoms. The summed E-state index contributed by atoms with van der Waals surface area (Å²) in [5.41, 5.74) is 2.74. The molecule has 3 aromatic carbocycles. The number of ether oxygens (including phenoxy) is 2. The van der Waals surface area contributed by atoms with E-state index in [1.807, 2.05) is 62.4 Å². The number of hydrogen-bond acceptors (Lipinski definition) is 5. The number of hydrogen-bond donors (Lipinski definition) is 1. The van der Waals surface area contributed by atoms with Gasteiger partial charge < -0.3 is 14.6 Å². The van der Waals surface area contributed by atoms with E-state index in [1.165, 1.54) is 4.90 Å². The summed E-state index contributed by atoms with van der Waals surface area (Å²) < 4.78 is 11.4. The number of carbonyl (C=O) groups is 2. The smallest absolute Gasteiger partial charge is 0.300 e. The summed E-state index contributed by atoms with van der Waals surface area (Å²) in [4.78, 5) is 28.0. The first-order chi connectivity index (χ1) is 16.4. The first-order valence-electron chi connectivity index (χ1n) is 11.3. The summed E-state index contributed by atoms with van der Waals surface area (Å²) in [6.45, 7) is 4.45. The van der Waals surface area contributed by atoms with Crippen LogP contribution in [-0.4, -0.2) is 29.5 Å². The third kappa shape index (κ3) is 3.81. The van der Waals surface area contributed by atoms with Crippen LogP contribution < -0.4 is 14.4 Å². The predicted octanol–water partition coefficient (Wildman–Crippen LogP) is 5.04. The van der Waals surface area contributed by atoms with Crippen LogP contribution in [0.2, 0.25) is 0 Å². The Morgan fingerprint density at radius 3 is 2.59 bits per heavy atom. The zero-order valence-electron chi connectivity index (χ0n) is 19.0. The van der Waals surface area contributed by atoms with Crippen LogP contribution in [0.4, 0.5) is 5.69 Å². The van der Waals surface area contributed by atoms with Gasteiger partial charge in [-0.1, -0.05) is 30.3 Å². The first kappa shape index (κ1) is 21.8. The second-order valence-electron chi connectivity index (χ2n) is 8.66. The second-order valence-corrected chi connectivity index (χ2v) is 8.66. The van der Waals surface area contributed by atoms with Crippen LogP contribution in [-0.2, 0) is 16.0 Å². The number of Topliss-reactive ketones (excluding diaryl/α,β-unsaturated/α-hetero) is 1. The van der Waals surface area contributed by atoms with Crippen molar-refractivity contribution >= 4 is 23.1 Å². The van der Waals surface area contributed by atoms with Gasteiger partial charge in [0.25, 0.3) is 11.7 Å². The van der Waals surface area contributed by atoms with E-state index >= 15 is 0 Å². The van der Waals surface area contributed by atoms with Gasteiger partial charge in [-0.25, -0.2) is 0 Å². The van der Waals surface area contributed by atoms with Crippen molar-refractivity contribution in [3.8, 4) is 11.5 Å². The summed E-state index contributed by atoms with van der Waals surface area (Å²) in [6, 6.07) is 20.9. The van der Waals surface area contributed by atoms with Gasteiger partial charge in [0.2, 0.25) is 0 Å². The molecule has 0 spiro atoms. The number of ketones is 1. The maximum absolute atomic E-state index is 13.3. The molecule has 172 valence electrons. The lowest BCUT2D eigenvalue weighted by Gasteiger charge is -2.26. The normalized spacial score (nSPS) is 18.8. The van der Waals surface area contributed by atoms with Gasteiger partial charge >= 0.3 is 0 Å². The maximum Gasteiger partial charge on any atom is 0.300 e. The van der Waals surface area contributed by atoms with Crippen molar-refractivity contribution in [2.45, 2.75) is 32.4 Å². The van der Waals surface area contributed by atoms with Crippen LogP contribution in [0, 0.1) is 0 Å². The molecule has 3 aromatic rings. The molecule has 1 atom stereocenters. The van der Waals surface area contributed by atoms with Crippen LogP contribution in [0.15, 0.2) is 78.4 Å². The standard InChI is InChI=1S/C28H25NO5/c1-17(2)34-22-10-6-7-19(16-22)25-24(26(30)20-11-12-23-18(15-20)13-14-33-23)27(31)28(32)29(25)21-8-4-3-5-9-21/h3-12,15-17,25,30H,13-14H2,1-2H3/b26-24-. The Balaban J connectivity index is 1.69. The van der Waals surface area contributed by atoms with Crippen LogP contribution in [0.1, 0.15) is 36.6 Å². The number of anilines is 1. The predicted molar refractivity (Wildman–Crippen MR) is 129 cm³/mol. The number of carbonyl (C=O) groups excluding carboxylic acids is 2. The number of benzene rings is 3. The Kier molecular flexibility index (Phi) is 5.57. The molecule has 0 radical (unpaired) electrons. The number of aliphatic hydroxyl groups excluding tert-OH is 1. The lowest BCUT2D eigenvalue weighted by Crippen LogP contribution is -2.29. The largest absolute Gasteiger partial charge is 0.507 e. The topological polar surface area (TPSA) is 76.1 Å². The zero-order chi connectivity index (χ0) is 23.8. The van der Waals surface area contributed by atoms with Crippen LogP contribution in [0.3, 0.4) is 0 Å². The highest BCUT2D eigenvalue weighted by molar-refractivity contribution is 6.51. The van der Waals surface area contributed by atoms with Gasteiger partial charge in [-0.3, -0.25) is 14.5 Å². The molecule has 2 aliphatic rings. The molecule has 2 heterocycles. The monoisotopic (exact) mass is 455 g/mol. The molecule has 0 aromatic heterocycles. The summed E-state index contributed by atoms with van der Waals surface area (Å²) in [5.74, 6) is -0.209. The molecule has 6 nitrogen and oxygen atoms in total. The van der Waals surface area contributed by atoms with Crippen molar-refractivity contribution in [3.05, 3.63) is 95.1 Å². The highest BCUT2D eigenvalue weighted by Crippen LogP contribution is 2.43. The van der Waals surface area contributed by atoms with Crippen molar-refractivity contribution in [2.75, 3.05) is 11.5 Å². The van der Waals surface area contributed by atoms with E-state index in [0.29, 0.717) is 29.2 Å². The maximum atomic E-state index is 13.3. The molecule has 0 bridgehead atoms. The molecule has 5 rings (SSSR count). The van der Waals surface area contributed by atoms with E-state index in [4.69, 9.17) is 9.47 Å². The molecule has 1 N–H and O–H groups in total. The quantitative estimate of drug-likeness (QED) is 0.332. The molecule has 1 saturated heterocycles. The fraction of sp³-hybridized carbons (Fsp3) is 0.214. The molecule has 1 fully saturated rings. The fourth-order valence-corrected chi connectivity index (χ4v) is 4.52. The van der Waals surface area contributed by atoms with Gasteiger partial charge in [-0.15, -0.1) is 0 Å². The van der Waals surface area contributed by atoms with Gasteiger partial charge in [0.15, 0.2) is 0 Å². The number of fused-ring (bicyclic) bond motifs is 1. The van der Waals surface area contributed by atoms with Crippen LogP contribution in [0.25, 0.3) is 5.76 Å². The molecular weight excluding hydrogens is 430 g/mol. The van der Waals surface area contributed by atoms with E-state index in [0.717, 1.165) is 17.7 Å². The van der Waals surface area contributed by atoms with Gasteiger partial charge in [0.05, 0.1) is 24.3 Å². The Hall–Kier alpha value is -4.06. The minimum atomic E-state index is -0.803. The minimum absolute atomic E-state index is 0.0376. The SMILES string of the molecule is CC(C)Oc1cccc(C2/C(=C(/O)c3ccc4c(c3)CCO4)C(=O)C(=O)N2c2ccccc2)c1. The number of para-hydroxylation sites is 1. The molecule has 0 aliphatic carbocycles. The minimum Gasteiger partial charge on any atom is -0.507 e. The summed E-state index contributed by atoms with van der Waals surface area (Å²) >= 11 is 0. The summed E-state index contributed by atoms with van der Waals surface area (Å²) in [6.07, 6.45) is 0.691. The molecule has 0 saturated carbocycles. The Bertz CT molecular complexity index is 1300. The van der Waals surface area contributed by atoms with Crippen molar-refractivity contribution in [3.63, 3.8) is 0 Å². The third-order valence-corrected chi connectivity index (χ3v) is 5.99. The van der Waals surface area contributed by atoms with Crippen molar-refractivity contribution in [2.24, 2.45) is 0 Å². The summed E-state index contributed by atoms with van der Waals surface area (Å²) in [7, 11) is 0. The molecule has 34 heavy (non-hydrogen) atoms. The van der Waals surface area contributed by atoms with Gasteiger partial charge in [0.1, 0.15) is 17.3 Å². The average molecular weight is 456 g/mol. The Morgan fingerprint density at radius 1 is 1.03 bits per heavy atom. The second kappa shape index (κ2) is 8.71. The third-order valence-electron chi connectivity index (χ3n) is 5.99. The van der Waals surface area contributed by atoms with Crippen molar-refractivity contribution < 1.29 is 24.2 Å². The van der Waals surface area contributed by atoms with Gasteiger partial charge in [-0.2, -0.15) is 0 Å². The average Bonchev–Trinajstić information content (AvgIpc) is 3.41. The zero-order valence-corrected chi connectivity index (χ0v) is 19.0. The highest BCUT2D eigenvalue weighted by Gasteiger charge is 2.47. The molecular formula is C28H25NO5. The Labute approximate surface area is 198 Å². The number of aliphatic hydroxyl groups is 1. The van der Waals surface area contributed by atoms with E-state index in [1.54, 1.807) is 24.3 Å². The van der Waals surface area contributed by atoms with Gasteiger partial charge in [-0.05, 0) is 67.4 Å². The number of nitrogens with zero attached hydrogens (tertiary/aromatic N) is 1. The summed E-state index contributed by atoms with van der Waals surface area (Å²) in [5, 5.41) is 11.4. The molecule has 1 amide bonds. The van der Waals surface area contributed by atoms with E-state index in [9.17, 15) is 14.7 Å². The van der Waals surface area contributed by atoms with Crippen LogP contribution in [0.5, 0.6) is 11.5 Å².